The number of carbonyl (C=O) groups excluding carboxylic acids is 1. The number of rotatable bonds is 4. The topological polar surface area (TPSA) is 99.8 Å². The molecular formula is C14H19N5O. The van der Waals surface area contributed by atoms with Gasteiger partial charge in [0.15, 0.2) is 5.82 Å². The van der Waals surface area contributed by atoms with Crippen LogP contribution in [0.5, 0.6) is 0 Å². The molecule has 0 radical (unpaired) electrons. The molecule has 106 valence electrons. The van der Waals surface area contributed by atoms with Crippen molar-refractivity contribution >= 4 is 11.6 Å². The summed E-state index contributed by atoms with van der Waals surface area (Å²) in [5, 5.41) is 4.47. The number of hydrogen-bond donors (Lipinski definition) is 2. The average Bonchev–Trinajstić information content (AvgIpc) is 2.74. The number of pyridine rings is 1. The lowest BCUT2D eigenvalue weighted by atomic mass is 10.1. The molecule has 4 N–H and O–H groups in total. The summed E-state index contributed by atoms with van der Waals surface area (Å²) in [5.74, 6) is -0.0690. The largest absolute Gasteiger partial charge is 0.396 e. The molecule has 0 aliphatic carbocycles. The van der Waals surface area contributed by atoms with Gasteiger partial charge in [0.25, 0.3) is 5.91 Å². The SMILES string of the molecule is CCc1nn(-c2nccc(C)c2C(N)=O)c(CC)c1N. The van der Waals surface area contributed by atoms with Gasteiger partial charge in [-0.15, -0.1) is 0 Å². The van der Waals surface area contributed by atoms with Crippen LogP contribution in [0.1, 0.15) is 41.2 Å². The Balaban J connectivity index is 2.75. The summed E-state index contributed by atoms with van der Waals surface area (Å²) in [7, 11) is 0. The number of nitrogen functional groups attached to an aromatic ring is 1. The Hall–Kier alpha value is -2.37. The van der Waals surface area contributed by atoms with Crippen LogP contribution in [0.2, 0.25) is 0 Å². The molecule has 0 bridgehead atoms. The first kappa shape index (κ1) is 14.0. The van der Waals surface area contributed by atoms with Crippen molar-refractivity contribution in [2.24, 2.45) is 5.73 Å². The van der Waals surface area contributed by atoms with Crippen LogP contribution in [0.4, 0.5) is 5.69 Å². The third kappa shape index (κ3) is 2.13. The van der Waals surface area contributed by atoms with E-state index in [1.54, 1.807) is 16.9 Å². The monoisotopic (exact) mass is 273 g/mol. The van der Waals surface area contributed by atoms with Gasteiger partial charge in [-0.25, -0.2) is 9.67 Å². The van der Waals surface area contributed by atoms with Gasteiger partial charge < -0.3 is 11.5 Å². The smallest absolute Gasteiger partial charge is 0.252 e. The van der Waals surface area contributed by atoms with Gasteiger partial charge in [0.05, 0.1) is 22.6 Å². The molecule has 2 rings (SSSR count). The molecule has 0 atom stereocenters. The van der Waals surface area contributed by atoms with Gasteiger partial charge in [-0.1, -0.05) is 13.8 Å². The fraction of sp³-hybridized carbons (Fsp3) is 0.357. The second-order valence-electron chi connectivity index (χ2n) is 4.62. The van der Waals surface area contributed by atoms with Gasteiger partial charge in [-0.2, -0.15) is 5.10 Å². The van der Waals surface area contributed by atoms with Crippen LogP contribution in [0, 0.1) is 6.92 Å². The number of primary amides is 1. The van der Waals surface area contributed by atoms with Gasteiger partial charge in [0, 0.05) is 6.20 Å². The Morgan fingerprint density at radius 2 is 2.05 bits per heavy atom. The summed E-state index contributed by atoms with van der Waals surface area (Å²) < 4.78 is 1.64. The zero-order valence-corrected chi connectivity index (χ0v) is 12.0. The van der Waals surface area contributed by atoms with Crippen LogP contribution < -0.4 is 11.5 Å². The first-order valence-electron chi connectivity index (χ1n) is 6.63. The van der Waals surface area contributed by atoms with Gasteiger partial charge in [-0.05, 0) is 31.4 Å². The number of nitrogens with two attached hydrogens (primary N) is 2. The predicted molar refractivity (Wildman–Crippen MR) is 77.8 cm³/mol. The second kappa shape index (κ2) is 5.32. The van der Waals surface area contributed by atoms with Crippen molar-refractivity contribution in [2.75, 3.05) is 5.73 Å². The second-order valence-corrected chi connectivity index (χ2v) is 4.62. The molecule has 6 heteroatoms. The molecule has 1 amide bonds. The van der Waals surface area contributed by atoms with E-state index < -0.39 is 5.91 Å². The van der Waals surface area contributed by atoms with E-state index in [1.165, 1.54) is 0 Å². The Bertz CT molecular complexity index is 660. The number of aryl methyl sites for hydroxylation is 2. The predicted octanol–water partition coefficient (Wildman–Crippen LogP) is 1.38. The van der Waals surface area contributed by atoms with E-state index >= 15 is 0 Å². The summed E-state index contributed by atoms with van der Waals surface area (Å²) >= 11 is 0. The highest BCUT2D eigenvalue weighted by atomic mass is 16.1. The molecule has 6 nitrogen and oxygen atoms in total. The molecule has 0 spiro atoms. The van der Waals surface area contributed by atoms with Gasteiger partial charge in [-0.3, -0.25) is 4.79 Å². The highest BCUT2D eigenvalue weighted by Crippen LogP contribution is 2.24. The fourth-order valence-electron chi connectivity index (χ4n) is 2.30. The van der Waals surface area contributed by atoms with Crippen LogP contribution in [0.3, 0.4) is 0 Å². The molecule has 2 heterocycles. The summed E-state index contributed by atoms with van der Waals surface area (Å²) in [5.41, 5.74) is 15.0. The summed E-state index contributed by atoms with van der Waals surface area (Å²) in [6, 6.07) is 1.75. The maximum Gasteiger partial charge on any atom is 0.252 e. The number of anilines is 1. The molecule has 0 aromatic carbocycles. The van der Waals surface area contributed by atoms with E-state index in [9.17, 15) is 4.79 Å². The van der Waals surface area contributed by atoms with Gasteiger partial charge in [0.1, 0.15) is 0 Å². The van der Waals surface area contributed by atoms with Gasteiger partial charge >= 0.3 is 0 Å². The van der Waals surface area contributed by atoms with Crippen molar-refractivity contribution < 1.29 is 4.79 Å². The van der Waals surface area contributed by atoms with E-state index in [0.717, 1.165) is 23.4 Å². The summed E-state index contributed by atoms with van der Waals surface area (Å²) in [6.07, 6.45) is 3.07. The van der Waals surface area contributed by atoms with Crippen molar-refractivity contribution in [1.29, 1.82) is 0 Å². The van der Waals surface area contributed by atoms with Crippen LogP contribution in [-0.4, -0.2) is 20.7 Å². The Morgan fingerprint density at radius 1 is 1.35 bits per heavy atom. The molecule has 20 heavy (non-hydrogen) atoms. The molecule has 2 aromatic heterocycles. The minimum absolute atomic E-state index is 0.382. The van der Waals surface area contributed by atoms with Crippen LogP contribution in [-0.2, 0) is 12.8 Å². The van der Waals surface area contributed by atoms with E-state index in [1.807, 2.05) is 20.8 Å². The Morgan fingerprint density at radius 3 is 2.60 bits per heavy atom. The molecule has 0 saturated heterocycles. The number of hydrogen-bond acceptors (Lipinski definition) is 4. The minimum Gasteiger partial charge on any atom is -0.396 e. The third-order valence-corrected chi connectivity index (χ3v) is 3.35. The highest BCUT2D eigenvalue weighted by molar-refractivity contribution is 5.97. The first-order valence-corrected chi connectivity index (χ1v) is 6.63. The summed E-state index contributed by atoms with van der Waals surface area (Å²) in [4.78, 5) is 16.0. The van der Waals surface area contributed by atoms with E-state index in [-0.39, 0.29) is 0 Å². The fourth-order valence-corrected chi connectivity index (χ4v) is 2.30. The van der Waals surface area contributed by atoms with E-state index in [2.05, 4.69) is 10.1 Å². The number of amides is 1. The Labute approximate surface area is 117 Å². The number of carbonyl (C=O) groups is 1. The van der Waals surface area contributed by atoms with Crippen molar-refractivity contribution in [2.45, 2.75) is 33.6 Å². The molecule has 0 aliphatic heterocycles. The zero-order valence-electron chi connectivity index (χ0n) is 12.0. The van der Waals surface area contributed by atoms with Crippen molar-refractivity contribution in [3.05, 3.63) is 34.8 Å². The number of nitrogens with zero attached hydrogens (tertiary/aromatic N) is 3. The molecule has 2 aromatic rings. The first-order chi connectivity index (χ1) is 9.51. The van der Waals surface area contributed by atoms with E-state index in [4.69, 9.17) is 11.5 Å². The highest BCUT2D eigenvalue weighted by Gasteiger charge is 2.20. The molecule has 0 saturated carbocycles. The van der Waals surface area contributed by atoms with Crippen LogP contribution in [0.25, 0.3) is 5.82 Å². The molecule has 0 fully saturated rings. The quantitative estimate of drug-likeness (QED) is 0.878. The van der Waals surface area contributed by atoms with Crippen molar-refractivity contribution in [3.8, 4) is 5.82 Å². The van der Waals surface area contributed by atoms with Crippen molar-refractivity contribution in [1.82, 2.24) is 14.8 Å². The molecular weight excluding hydrogens is 254 g/mol. The average molecular weight is 273 g/mol. The lowest BCUT2D eigenvalue weighted by molar-refractivity contribution is 0.0999. The third-order valence-electron chi connectivity index (χ3n) is 3.35. The molecule has 0 aliphatic rings. The maximum absolute atomic E-state index is 11.7. The number of aromatic nitrogens is 3. The maximum atomic E-state index is 11.7. The van der Waals surface area contributed by atoms with Crippen LogP contribution in [0.15, 0.2) is 12.3 Å². The van der Waals surface area contributed by atoms with E-state index in [0.29, 0.717) is 23.5 Å². The minimum atomic E-state index is -0.514. The normalized spacial score (nSPS) is 10.8. The zero-order chi connectivity index (χ0) is 14.9. The van der Waals surface area contributed by atoms with Gasteiger partial charge in [0.2, 0.25) is 0 Å². The molecule has 0 unspecified atom stereocenters. The Kier molecular flexibility index (Phi) is 3.74. The lowest BCUT2D eigenvalue weighted by Crippen LogP contribution is -2.19. The lowest BCUT2D eigenvalue weighted by Gasteiger charge is -2.10. The summed E-state index contributed by atoms with van der Waals surface area (Å²) in [6.45, 7) is 5.80. The van der Waals surface area contributed by atoms with Crippen molar-refractivity contribution in [3.63, 3.8) is 0 Å². The van der Waals surface area contributed by atoms with Crippen LogP contribution >= 0.6 is 0 Å². The standard InChI is InChI=1S/C14H19N5O/c1-4-9-12(15)10(5-2)19(18-9)14-11(13(16)20)8(3)6-7-17-14/h6-7H,4-5,15H2,1-3H3,(H2,16,20).